The van der Waals surface area contributed by atoms with Crippen LogP contribution in [0, 0.1) is 11.8 Å². The Labute approximate surface area is 169 Å². The molecule has 1 fully saturated rings. The number of nitrogen functional groups attached to an aromatic ring is 1. The highest BCUT2D eigenvalue weighted by Gasteiger charge is 2.40. The monoisotopic (exact) mass is 410 g/mol. The van der Waals surface area contributed by atoms with Gasteiger partial charge in [0, 0.05) is 19.0 Å². The summed E-state index contributed by atoms with van der Waals surface area (Å²) < 4.78 is 17.9. The highest BCUT2D eigenvalue weighted by Crippen LogP contribution is 2.31. The largest absolute Gasteiger partial charge is 0.462 e. The van der Waals surface area contributed by atoms with Gasteiger partial charge >= 0.3 is 17.6 Å². The molecule has 0 saturated carbocycles. The molecule has 0 aliphatic carbocycles. The van der Waals surface area contributed by atoms with Crippen molar-refractivity contribution in [3.8, 4) is 0 Å². The van der Waals surface area contributed by atoms with Crippen LogP contribution in [0.4, 0.5) is 5.82 Å². The quantitative estimate of drug-likeness (QED) is 0.587. The molecule has 1 saturated heterocycles. The Morgan fingerprint density at radius 3 is 2.62 bits per heavy atom. The van der Waals surface area contributed by atoms with E-state index < -0.39 is 36.1 Å². The molecule has 2 heterocycles. The second-order valence-corrected chi connectivity index (χ2v) is 7.93. The normalized spacial score (nSPS) is 22.7. The minimum Gasteiger partial charge on any atom is -0.462 e. The van der Waals surface area contributed by atoms with Gasteiger partial charge in [-0.15, -0.1) is 0 Å². The molecule has 2 unspecified atom stereocenters. The van der Waals surface area contributed by atoms with Crippen LogP contribution in [0.5, 0.6) is 0 Å². The highest BCUT2D eigenvalue weighted by atomic mass is 16.6. The molecule has 1 aromatic rings. The Hall–Kier alpha value is -2.46. The fraction of sp³-hybridized carbons (Fsp3) is 0.684. The lowest BCUT2D eigenvalue weighted by molar-refractivity contribution is -0.159. The highest BCUT2D eigenvalue weighted by molar-refractivity contribution is 5.75. The molecule has 1 aromatic heterocycles. The van der Waals surface area contributed by atoms with Crippen LogP contribution >= 0.6 is 0 Å². The first-order valence-corrected chi connectivity index (χ1v) is 9.70. The predicted molar refractivity (Wildman–Crippen MR) is 105 cm³/mol. The molecule has 1 aliphatic heterocycles. The summed E-state index contributed by atoms with van der Waals surface area (Å²) in [5, 5.41) is 0. The second kappa shape index (κ2) is 9.84. The molecule has 0 bridgehead atoms. The summed E-state index contributed by atoms with van der Waals surface area (Å²) in [5.41, 5.74) is 10.7. The number of nitrogens with two attached hydrogens (primary N) is 2. The lowest BCUT2D eigenvalue weighted by atomic mass is 10.1. The fourth-order valence-electron chi connectivity index (χ4n) is 2.87. The van der Waals surface area contributed by atoms with E-state index in [0.29, 0.717) is 0 Å². The second-order valence-electron chi connectivity index (χ2n) is 7.93. The lowest BCUT2D eigenvalue weighted by Gasteiger charge is -2.21. The molecule has 2 rings (SSSR count). The topological polar surface area (TPSA) is 149 Å². The number of hydrogen-bond donors (Lipinski definition) is 2. The number of carbonyl (C=O) groups excluding carboxylic acids is 2. The van der Waals surface area contributed by atoms with Gasteiger partial charge in [-0.05, 0) is 17.9 Å². The van der Waals surface area contributed by atoms with Crippen LogP contribution in [-0.2, 0) is 23.8 Å². The molecule has 10 heteroatoms. The minimum atomic E-state index is -0.766. The number of esters is 2. The Bertz CT molecular complexity index is 778. The maximum absolute atomic E-state index is 12.1. The zero-order valence-electron chi connectivity index (χ0n) is 17.2. The minimum absolute atomic E-state index is 0.0844. The van der Waals surface area contributed by atoms with Crippen LogP contribution in [0.1, 0.15) is 46.8 Å². The Balaban J connectivity index is 2.12. The van der Waals surface area contributed by atoms with Crippen molar-refractivity contribution in [2.45, 2.75) is 65.0 Å². The summed E-state index contributed by atoms with van der Waals surface area (Å²) in [6, 6.07) is 0.706. The third kappa shape index (κ3) is 6.26. The summed E-state index contributed by atoms with van der Waals surface area (Å²) in [7, 11) is 0. The molecular formula is C19H30N4O6. The molecule has 162 valence electrons. The van der Waals surface area contributed by atoms with Gasteiger partial charge in [0.15, 0.2) is 0 Å². The summed E-state index contributed by atoms with van der Waals surface area (Å²) in [4.78, 5) is 40.0. The predicted octanol–water partition coefficient (Wildman–Crippen LogP) is 0.597. The van der Waals surface area contributed by atoms with E-state index >= 15 is 0 Å². The van der Waals surface area contributed by atoms with E-state index in [4.69, 9.17) is 25.7 Å². The Kier molecular flexibility index (Phi) is 7.74. The van der Waals surface area contributed by atoms with Crippen molar-refractivity contribution >= 4 is 17.8 Å². The third-order valence-corrected chi connectivity index (χ3v) is 4.58. The number of aromatic nitrogens is 2. The van der Waals surface area contributed by atoms with E-state index in [1.165, 1.54) is 16.8 Å². The molecule has 1 aliphatic rings. The van der Waals surface area contributed by atoms with Crippen LogP contribution in [-0.4, -0.2) is 46.3 Å². The molecule has 0 amide bonds. The summed E-state index contributed by atoms with van der Waals surface area (Å²) >= 11 is 0. The SMILES string of the molecule is CC(C)CC(=O)OC1C[C@@H](n2ccc(N)nc2=O)OC1COC(=O)[C@@H](N)C(C)C. The molecule has 4 atom stereocenters. The van der Waals surface area contributed by atoms with Crippen molar-refractivity contribution in [1.82, 2.24) is 9.55 Å². The van der Waals surface area contributed by atoms with Gasteiger partial charge in [0.05, 0.1) is 0 Å². The first-order valence-electron chi connectivity index (χ1n) is 9.70. The van der Waals surface area contributed by atoms with E-state index in [1.54, 1.807) is 0 Å². The third-order valence-electron chi connectivity index (χ3n) is 4.58. The van der Waals surface area contributed by atoms with Crippen molar-refractivity contribution in [3.63, 3.8) is 0 Å². The van der Waals surface area contributed by atoms with Crippen LogP contribution in [0.25, 0.3) is 0 Å². The standard InChI is InChI=1S/C19H30N4O6/c1-10(2)7-16(24)29-12-8-15(23-6-5-14(20)22-19(23)26)28-13(12)9-27-18(25)17(21)11(3)4/h5-6,10-13,15,17H,7-9,21H2,1-4H3,(H2,20,22,26)/t12?,13?,15-,17-/m0/s1. The smallest absolute Gasteiger partial charge is 0.351 e. The van der Waals surface area contributed by atoms with E-state index in [-0.39, 0.29) is 43.1 Å². The van der Waals surface area contributed by atoms with E-state index in [2.05, 4.69) is 4.98 Å². The average Bonchev–Trinajstić information content (AvgIpc) is 3.00. The van der Waals surface area contributed by atoms with Gasteiger partial charge in [-0.2, -0.15) is 4.98 Å². The van der Waals surface area contributed by atoms with E-state index in [9.17, 15) is 14.4 Å². The lowest BCUT2D eigenvalue weighted by Crippen LogP contribution is -2.40. The molecular weight excluding hydrogens is 380 g/mol. The maximum Gasteiger partial charge on any atom is 0.351 e. The summed E-state index contributed by atoms with van der Waals surface area (Å²) in [6.07, 6.45) is -0.216. The average molecular weight is 410 g/mol. The molecule has 4 N–H and O–H groups in total. The summed E-state index contributed by atoms with van der Waals surface area (Å²) in [6.45, 7) is 7.28. The van der Waals surface area contributed by atoms with Crippen LogP contribution in [0.3, 0.4) is 0 Å². The number of anilines is 1. The Morgan fingerprint density at radius 2 is 2.03 bits per heavy atom. The number of nitrogens with zero attached hydrogens (tertiary/aromatic N) is 2. The van der Waals surface area contributed by atoms with Gasteiger partial charge in [0.2, 0.25) is 0 Å². The van der Waals surface area contributed by atoms with Gasteiger partial charge in [-0.25, -0.2) is 4.79 Å². The van der Waals surface area contributed by atoms with Gasteiger partial charge in [0.1, 0.15) is 36.9 Å². The van der Waals surface area contributed by atoms with Crippen molar-refractivity contribution in [2.75, 3.05) is 12.3 Å². The molecule has 0 aromatic carbocycles. The summed E-state index contributed by atoms with van der Waals surface area (Å²) in [5.74, 6) is -0.807. The zero-order chi connectivity index (χ0) is 21.7. The first-order chi connectivity index (χ1) is 13.6. The van der Waals surface area contributed by atoms with Gasteiger partial charge in [-0.1, -0.05) is 27.7 Å². The number of rotatable bonds is 8. The molecule has 29 heavy (non-hydrogen) atoms. The van der Waals surface area contributed by atoms with Crippen LogP contribution in [0.15, 0.2) is 17.1 Å². The van der Waals surface area contributed by atoms with Crippen molar-refractivity contribution in [2.24, 2.45) is 17.6 Å². The molecule has 10 nitrogen and oxygen atoms in total. The van der Waals surface area contributed by atoms with Crippen molar-refractivity contribution in [1.29, 1.82) is 0 Å². The fourth-order valence-corrected chi connectivity index (χ4v) is 2.87. The Morgan fingerprint density at radius 1 is 1.34 bits per heavy atom. The number of hydrogen-bond acceptors (Lipinski definition) is 9. The molecule has 0 radical (unpaired) electrons. The first kappa shape index (κ1) is 22.8. The number of carbonyl (C=O) groups is 2. The van der Waals surface area contributed by atoms with Crippen LogP contribution in [0.2, 0.25) is 0 Å². The zero-order valence-corrected chi connectivity index (χ0v) is 17.2. The maximum atomic E-state index is 12.1. The van der Waals surface area contributed by atoms with Crippen molar-refractivity contribution in [3.05, 3.63) is 22.7 Å². The van der Waals surface area contributed by atoms with Gasteiger partial charge < -0.3 is 25.7 Å². The van der Waals surface area contributed by atoms with E-state index in [1.807, 2.05) is 27.7 Å². The van der Waals surface area contributed by atoms with Crippen LogP contribution < -0.4 is 17.2 Å². The molecule has 0 spiro atoms. The van der Waals surface area contributed by atoms with E-state index in [0.717, 1.165) is 0 Å². The number of ether oxygens (including phenoxy) is 3. The van der Waals surface area contributed by atoms with Gasteiger partial charge in [0.25, 0.3) is 0 Å². The van der Waals surface area contributed by atoms with Gasteiger partial charge in [-0.3, -0.25) is 14.2 Å². The van der Waals surface area contributed by atoms with Crippen molar-refractivity contribution < 1.29 is 23.8 Å².